The minimum atomic E-state index is -1.01. The van der Waals surface area contributed by atoms with Gasteiger partial charge >= 0.3 is 0 Å². The molecule has 0 bridgehead atoms. The Morgan fingerprint density at radius 2 is 1.43 bits per heavy atom. The van der Waals surface area contributed by atoms with Crippen molar-refractivity contribution in [3.05, 3.63) is 78.9 Å². The summed E-state index contributed by atoms with van der Waals surface area (Å²) in [7, 11) is 0. The van der Waals surface area contributed by atoms with Crippen LogP contribution in [-0.2, 0) is 0 Å². The number of carbonyl (C=O) groups excluding carboxylic acids is 2. The number of hydrogen-bond acceptors (Lipinski definition) is 6. The number of nitrogens with one attached hydrogen (secondary N) is 1. The van der Waals surface area contributed by atoms with Gasteiger partial charge in [0.2, 0.25) is 0 Å². The zero-order valence-electron chi connectivity index (χ0n) is 11.3. The van der Waals surface area contributed by atoms with Crippen molar-refractivity contribution < 1.29 is 19.5 Å². The van der Waals surface area contributed by atoms with Crippen LogP contribution in [0, 0.1) is 20.2 Å². The molecule has 2 aromatic carbocycles. The molecule has 0 heterocycles. The summed E-state index contributed by atoms with van der Waals surface area (Å²) in [5, 5.41) is 20.8. The number of rotatable bonds is 3. The number of anilines is 1. The van der Waals surface area contributed by atoms with Gasteiger partial charge in [-0.15, -0.1) is 5.43 Å². The van der Waals surface area contributed by atoms with Gasteiger partial charge in [0.15, 0.2) is 22.3 Å². The minimum absolute atomic E-state index is 0.0527. The third kappa shape index (κ3) is 2.11. The second-order valence-corrected chi connectivity index (χ2v) is 4.71. The molecule has 114 valence electrons. The van der Waals surface area contributed by atoms with Crippen molar-refractivity contribution in [3.8, 4) is 0 Å². The summed E-state index contributed by atoms with van der Waals surface area (Å²) in [4.78, 5) is 46.0. The average molecular weight is 313 g/mol. The first-order chi connectivity index (χ1) is 10.9. The smallest absolute Gasteiger partial charge is 0.289 e. The van der Waals surface area contributed by atoms with Crippen molar-refractivity contribution in [1.29, 1.82) is 0 Å². The third-order valence-corrected chi connectivity index (χ3v) is 3.47. The van der Waals surface area contributed by atoms with Crippen LogP contribution >= 0.6 is 0 Å². The number of nitro benzene ring substituents is 1. The average Bonchev–Trinajstić information content (AvgIpc) is 2.51. The lowest BCUT2D eigenvalue weighted by Crippen LogP contribution is -2.24. The predicted octanol–water partition coefficient (Wildman–Crippen LogP) is 1.97. The van der Waals surface area contributed by atoms with Gasteiger partial charge in [0.1, 0.15) is 0 Å². The molecule has 0 saturated carbocycles. The summed E-state index contributed by atoms with van der Waals surface area (Å²) >= 11 is 0. The van der Waals surface area contributed by atoms with Gasteiger partial charge in [-0.05, 0) is 6.07 Å². The molecule has 0 spiro atoms. The van der Waals surface area contributed by atoms with Crippen LogP contribution < -0.4 is 5.43 Å². The van der Waals surface area contributed by atoms with Gasteiger partial charge < -0.3 is 0 Å². The molecule has 0 aromatic heterocycles. The third-order valence-electron chi connectivity index (χ3n) is 3.47. The first kappa shape index (κ1) is 14.3. The van der Waals surface area contributed by atoms with E-state index >= 15 is 0 Å². The van der Waals surface area contributed by atoms with E-state index in [-0.39, 0.29) is 22.3 Å². The fraction of sp³-hybridized carbons (Fsp3) is 0. The molecule has 0 atom stereocenters. The van der Waals surface area contributed by atoms with E-state index < -0.39 is 32.9 Å². The van der Waals surface area contributed by atoms with E-state index in [1.165, 1.54) is 18.2 Å². The Labute approximate surface area is 127 Å². The Morgan fingerprint density at radius 1 is 0.826 bits per heavy atom. The Hall–Kier alpha value is -3.62. The van der Waals surface area contributed by atoms with E-state index in [9.17, 15) is 29.8 Å². The lowest BCUT2D eigenvalue weighted by molar-refractivity contribution is -0.447. The van der Waals surface area contributed by atoms with Gasteiger partial charge in [0, 0.05) is 22.8 Å². The van der Waals surface area contributed by atoms with E-state index in [0.29, 0.717) is 0 Å². The maximum atomic E-state index is 12.6. The molecule has 0 saturated heterocycles. The Kier molecular flexibility index (Phi) is 3.10. The van der Waals surface area contributed by atoms with Gasteiger partial charge in [0.05, 0.1) is 10.5 Å². The number of hydrogen-bond donors (Lipinski definition) is 1. The number of benzene rings is 2. The Morgan fingerprint density at radius 3 is 2.00 bits per heavy atom. The van der Waals surface area contributed by atoms with Crippen molar-refractivity contribution in [2.75, 3.05) is 5.43 Å². The van der Waals surface area contributed by atoms with Crippen LogP contribution in [-0.4, -0.2) is 21.5 Å². The molecule has 1 aliphatic carbocycles. The number of nitrogens with zero attached hydrogens (tertiary/aromatic N) is 2. The zero-order chi connectivity index (χ0) is 16.7. The monoisotopic (exact) mass is 313 g/mol. The van der Waals surface area contributed by atoms with Crippen molar-refractivity contribution in [3.63, 3.8) is 0 Å². The molecule has 9 heteroatoms. The van der Waals surface area contributed by atoms with E-state index in [2.05, 4.69) is 0 Å². The Bertz CT molecular complexity index is 905. The van der Waals surface area contributed by atoms with Gasteiger partial charge in [-0.25, -0.2) is 10.1 Å². The van der Waals surface area contributed by atoms with Crippen LogP contribution in [0.25, 0.3) is 0 Å². The number of carbonyl (C=O) groups is 2. The molecule has 23 heavy (non-hydrogen) atoms. The quantitative estimate of drug-likeness (QED) is 0.577. The highest BCUT2D eigenvalue weighted by Crippen LogP contribution is 2.37. The van der Waals surface area contributed by atoms with Crippen LogP contribution in [0.2, 0.25) is 0 Å². The molecule has 0 amide bonds. The molecular weight excluding hydrogens is 306 g/mol. The molecule has 1 N–H and O–H groups in total. The van der Waals surface area contributed by atoms with E-state index in [1.807, 2.05) is 0 Å². The lowest BCUT2D eigenvalue weighted by Gasteiger charge is -2.18. The van der Waals surface area contributed by atoms with E-state index in [0.717, 1.165) is 12.1 Å². The highest BCUT2D eigenvalue weighted by molar-refractivity contribution is 6.30. The van der Waals surface area contributed by atoms with Crippen LogP contribution in [0.3, 0.4) is 0 Å². The van der Waals surface area contributed by atoms with Crippen LogP contribution in [0.5, 0.6) is 0 Å². The maximum absolute atomic E-state index is 12.6. The molecule has 0 fully saturated rings. The van der Waals surface area contributed by atoms with Gasteiger partial charge in [-0.2, -0.15) is 0 Å². The topological polar surface area (TPSA) is 132 Å². The van der Waals surface area contributed by atoms with Crippen LogP contribution in [0.4, 0.5) is 11.4 Å². The highest BCUT2D eigenvalue weighted by Gasteiger charge is 2.36. The second-order valence-electron chi connectivity index (χ2n) is 4.71. The standard InChI is InChI=1S/C14H7N3O6/c18-13-7-3-1-2-4-8(7)14(19)11-9(13)5-6-10(16(20)21)12(11)15-17(22)23/h1-6,15H. The number of fused-ring (bicyclic) bond motifs is 2. The fourth-order valence-electron chi connectivity index (χ4n) is 2.53. The number of nitro groups is 2. The zero-order valence-corrected chi connectivity index (χ0v) is 11.3. The fourth-order valence-corrected chi connectivity index (χ4v) is 2.53. The first-order valence-corrected chi connectivity index (χ1v) is 6.32. The van der Waals surface area contributed by atoms with Crippen LogP contribution in [0.1, 0.15) is 31.8 Å². The highest BCUT2D eigenvalue weighted by atomic mass is 16.7. The predicted molar refractivity (Wildman–Crippen MR) is 77.0 cm³/mol. The molecule has 1 aliphatic rings. The summed E-state index contributed by atoms with van der Waals surface area (Å²) in [6.45, 7) is 0. The van der Waals surface area contributed by atoms with Gasteiger partial charge in [-0.3, -0.25) is 19.7 Å². The molecule has 0 unspecified atom stereocenters. The number of hydrazine groups is 1. The normalized spacial score (nSPS) is 12.3. The summed E-state index contributed by atoms with van der Waals surface area (Å²) in [5.74, 6) is -1.19. The lowest BCUT2D eigenvalue weighted by atomic mass is 9.83. The van der Waals surface area contributed by atoms with Crippen molar-refractivity contribution in [1.82, 2.24) is 0 Å². The van der Waals surface area contributed by atoms with E-state index in [1.54, 1.807) is 11.5 Å². The summed E-state index contributed by atoms with van der Waals surface area (Å²) in [6.07, 6.45) is 0. The van der Waals surface area contributed by atoms with Crippen molar-refractivity contribution in [2.45, 2.75) is 0 Å². The molecule has 3 rings (SSSR count). The largest absolute Gasteiger partial charge is 0.299 e. The Balaban J connectivity index is 2.34. The van der Waals surface area contributed by atoms with Gasteiger partial charge in [-0.1, -0.05) is 24.3 Å². The molecule has 9 nitrogen and oxygen atoms in total. The maximum Gasteiger partial charge on any atom is 0.299 e. The molecule has 0 aliphatic heterocycles. The SMILES string of the molecule is O=C1c2ccccc2C(=O)c2c1ccc([N+](=O)[O-])c2N[N+](=O)[O-]. The summed E-state index contributed by atoms with van der Waals surface area (Å²) < 4.78 is 0. The summed E-state index contributed by atoms with van der Waals surface area (Å²) in [6, 6.07) is 8.07. The van der Waals surface area contributed by atoms with Crippen molar-refractivity contribution >= 4 is 22.9 Å². The van der Waals surface area contributed by atoms with E-state index in [4.69, 9.17) is 0 Å². The molecule has 2 aromatic rings. The minimum Gasteiger partial charge on any atom is -0.289 e. The van der Waals surface area contributed by atoms with Crippen molar-refractivity contribution in [2.24, 2.45) is 0 Å². The first-order valence-electron chi connectivity index (χ1n) is 6.32. The van der Waals surface area contributed by atoms with Gasteiger partial charge in [0.25, 0.3) is 5.69 Å². The second kappa shape index (κ2) is 4.98. The summed E-state index contributed by atoms with van der Waals surface area (Å²) in [5.41, 5.74) is 0.170. The van der Waals surface area contributed by atoms with Crippen LogP contribution in [0.15, 0.2) is 36.4 Å². The number of ketones is 2. The molecular formula is C14H7N3O6. The molecule has 0 radical (unpaired) electrons.